The predicted molar refractivity (Wildman–Crippen MR) is 111 cm³/mol. The smallest absolute Gasteiger partial charge is 0.236 e. The zero-order valence-electron chi connectivity index (χ0n) is 15.9. The Morgan fingerprint density at radius 2 is 2.10 bits per heavy atom. The zero-order chi connectivity index (χ0) is 20.4. The quantitative estimate of drug-likeness (QED) is 0.689. The molecule has 1 saturated carbocycles. The van der Waals surface area contributed by atoms with Crippen molar-refractivity contribution in [1.29, 1.82) is 0 Å². The topological polar surface area (TPSA) is 73.3 Å². The number of nitrogens with zero attached hydrogens (tertiary/aromatic N) is 2. The highest BCUT2D eigenvalue weighted by Gasteiger charge is 2.52. The summed E-state index contributed by atoms with van der Waals surface area (Å²) in [6.45, 7) is 5.90. The molecule has 4 rings (SSSR count). The number of amides is 1. The van der Waals surface area contributed by atoms with Gasteiger partial charge in [0, 0.05) is 29.7 Å². The van der Waals surface area contributed by atoms with Crippen molar-refractivity contribution in [3.8, 4) is 11.1 Å². The molecular formula is C22H20ClN3O3. The summed E-state index contributed by atoms with van der Waals surface area (Å²) in [7, 11) is 0. The standard InChI is InChI=1S/C22H20ClN3O3/c1-3-16(10-19-14(2)28-13-29-19)22(7-8-22)21(27)26-20-5-4-15(11-25-20)17-6-9-24-12-18(17)23/h3-6,9-12H,1,7-8,13H2,2H3,(H,25,26,27)/b16-10+. The Labute approximate surface area is 173 Å². The summed E-state index contributed by atoms with van der Waals surface area (Å²) in [4.78, 5) is 21.4. The largest absolute Gasteiger partial charge is 0.458 e. The Kier molecular flexibility index (Phi) is 5.11. The molecule has 0 aromatic carbocycles. The fraction of sp³-hybridized carbons (Fsp3) is 0.227. The van der Waals surface area contributed by atoms with Gasteiger partial charge in [-0.25, -0.2) is 4.98 Å². The molecule has 1 aliphatic heterocycles. The van der Waals surface area contributed by atoms with Crippen molar-refractivity contribution in [2.45, 2.75) is 19.8 Å². The molecule has 0 saturated heterocycles. The lowest BCUT2D eigenvalue weighted by molar-refractivity contribution is -0.119. The maximum Gasteiger partial charge on any atom is 0.236 e. The molecule has 1 N–H and O–H groups in total. The average Bonchev–Trinajstić information content (AvgIpc) is 3.44. The predicted octanol–water partition coefficient (Wildman–Crippen LogP) is 4.86. The van der Waals surface area contributed by atoms with Gasteiger partial charge in [0.1, 0.15) is 11.6 Å². The van der Waals surface area contributed by atoms with E-state index in [-0.39, 0.29) is 12.7 Å². The summed E-state index contributed by atoms with van der Waals surface area (Å²) < 4.78 is 10.8. The summed E-state index contributed by atoms with van der Waals surface area (Å²) in [5, 5.41) is 3.46. The SMILES string of the molecule is C=C/C(=C\C1=C(C)OCO1)C1(C(=O)Nc2ccc(-c3ccncc3Cl)cn2)CC1. The van der Waals surface area contributed by atoms with Gasteiger partial charge in [-0.05, 0) is 49.6 Å². The summed E-state index contributed by atoms with van der Waals surface area (Å²) in [5.74, 6) is 1.71. The van der Waals surface area contributed by atoms with E-state index in [1.54, 1.807) is 30.7 Å². The zero-order valence-corrected chi connectivity index (χ0v) is 16.7. The number of hydrogen-bond donors (Lipinski definition) is 1. The van der Waals surface area contributed by atoms with Gasteiger partial charge in [0.25, 0.3) is 0 Å². The van der Waals surface area contributed by atoms with Gasteiger partial charge in [0.2, 0.25) is 12.7 Å². The minimum atomic E-state index is -0.615. The fourth-order valence-electron chi connectivity index (χ4n) is 3.28. The molecule has 6 nitrogen and oxygen atoms in total. The van der Waals surface area contributed by atoms with Crippen molar-refractivity contribution in [3.63, 3.8) is 0 Å². The summed E-state index contributed by atoms with van der Waals surface area (Å²) >= 11 is 6.18. The van der Waals surface area contributed by atoms with Crippen LogP contribution in [0.15, 0.2) is 72.6 Å². The van der Waals surface area contributed by atoms with E-state index >= 15 is 0 Å². The van der Waals surface area contributed by atoms with Gasteiger partial charge in [-0.15, -0.1) is 0 Å². The van der Waals surface area contributed by atoms with E-state index in [2.05, 4.69) is 21.9 Å². The van der Waals surface area contributed by atoms with Gasteiger partial charge in [-0.1, -0.05) is 24.3 Å². The number of rotatable bonds is 6. The Balaban J connectivity index is 1.52. The monoisotopic (exact) mass is 409 g/mol. The van der Waals surface area contributed by atoms with Crippen LogP contribution in [-0.4, -0.2) is 22.7 Å². The third-order valence-corrected chi connectivity index (χ3v) is 5.47. The van der Waals surface area contributed by atoms with E-state index < -0.39 is 5.41 Å². The Hall–Kier alpha value is -3.12. The highest BCUT2D eigenvalue weighted by molar-refractivity contribution is 6.33. The molecule has 1 amide bonds. The number of anilines is 1. The normalized spacial score (nSPS) is 17.4. The van der Waals surface area contributed by atoms with Gasteiger partial charge in [0.05, 0.1) is 10.4 Å². The number of carbonyl (C=O) groups is 1. The molecular weight excluding hydrogens is 390 g/mol. The van der Waals surface area contributed by atoms with E-state index in [0.717, 1.165) is 29.5 Å². The molecule has 2 aromatic rings. The van der Waals surface area contributed by atoms with Crippen molar-refractivity contribution in [1.82, 2.24) is 9.97 Å². The van der Waals surface area contributed by atoms with Crippen LogP contribution < -0.4 is 5.32 Å². The lowest BCUT2D eigenvalue weighted by Gasteiger charge is -2.17. The van der Waals surface area contributed by atoms with Crippen LogP contribution in [0.25, 0.3) is 11.1 Å². The summed E-state index contributed by atoms with van der Waals surface area (Å²) in [5.41, 5.74) is 1.89. The van der Waals surface area contributed by atoms with Gasteiger partial charge in [0.15, 0.2) is 5.76 Å². The number of aromatic nitrogens is 2. The second-order valence-electron chi connectivity index (χ2n) is 6.95. The van der Waals surface area contributed by atoms with Crippen LogP contribution in [0.1, 0.15) is 19.8 Å². The summed E-state index contributed by atoms with van der Waals surface area (Å²) in [6, 6.07) is 5.45. The molecule has 2 aliphatic rings. The number of nitrogens with one attached hydrogen (secondary N) is 1. The Morgan fingerprint density at radius 1 is 1.28 bits per heavy atom. The second-order valence-corrected chi connectivity index (χ2v) is 7.36. The average molecular weight is 410 g/mol. The molecule has 1 fully saturated rings. The van der Waals surface area contributed by atoms with Crippen molar-refractivity contribution < 1.29 is 14.3 Å². The van der Waals surface area contributed by atoms with Gasteiger partial charge < -0.3 is 14.8 Å². The van der Waals surface area contributed by atoms with Crippen LogP contribution >= 0.6 is 11.6 Å². The van der Waals surface area contributed by atoms with Crippen LogP contribution in [0, 0.1) is 5.41 Å². The van der Waals surface area contributed by atoms with Crippen molar-refractivity contribution in [2.75, 3.05) is 12.1 Å². The number of hydrogen-bond acceptors (Lipinski definition) is 5. The van der Waals surface area contributed by atoms with Crippen LogP contribution in [0.4, 0.5) is 5.82 Å². The van der Waals surface area contributed by atoms with Gasteiger partial charge >= 0.3 is 0 Å². The van der Waals surface area contributed by atoms with Crippen LogP contribution in [0.3, 0.4) is 0 Å². The van der Waals surface area contributed by atoms with Crippen molar-refractivity contribution >= 4 is 23.3 Å². The van der Waals surface area contributed by atoms with Crippen molar-refractivity contribution in [2.24, 2.45) is 5.41 Å². The van der Waals surface area contributed by atoms with E-state index in [0.29, 0.717) is 22.4 Å². The minimum absolute atomic E-state index is 0.108. The number of halogens is 1. The molecule has 0 atom stereocenters. The molecule has 0 bridgehead atoms. The third-order valence-electron chi connectivity index (χ3n) is 5.17. The lowest BCUT2D eigenvalue weighted by atomic mass is 9.93. The number of allylic oxidation sites excluding steroid dienone is 3. The minimum Gasteiger partial charge on any atom is -0.458 e. The molecule has 7 heteroatoms. The first-order chi connectivity index (χ1) is 14.0. The van der Waals surface area contributed by atoms with E-state index in [4.69, 9.17) is 21.1 Å². The molecule has 148 valence electrons. The highest BCUT2D eigenvalue weighted by Crippen LogP contribution is 2.53. The van der Waals surface area contributed by atoms with Crippen LogP contribution in [-0.2, 0) is 14.3 Å². The molecule has 0 radical (unpaired) electrons. The molecule has 29 heavy (non-hydrogen) atoms. The number of carbonyl (C=O) groups excluding carboxylic acids is 1. The maximum atomic E-state index is 13.0. The first-order valence-electron chi connectivity index (χ1n) is 9.22. The first kappa shape index (κ1) is 19.2. The van der Waals surface area contributed by atoms with Gasteiger partial charge in [-0.2, -0.15) is 0 Å². The van der Waals surface area contributed by atoms with Crippen LogP contribution in [0.5, 0.6) is 0 Å². The Bertz CT molecular complexity index is 1020. The first-order valence-corrected chi connectivity index (χ1v) is 9.60. The summed E-state index contributed by atoms with van der Waals surface area (Å²) in [6.07, 6.45) is 9.97. The van der Waals surface area contributed by atoms with E-state index in [1.165, 1.54) is 0 Å². The number of ether oxygens (including phenoxy) is 2. The Morgan fingerprint density at radius 3 is 2.69 bits per heavy atom. The molecule has 2 aromatic heterocycles. The van der Waals surface area contributed by atoms with Crippen molar-refractivity contribution in [3.05, 3.63) is 77.6 Å². The van der Waals surface area contributed by atoms with Crippen LogP contribution in [0.2, 0.25) is 5.02 Å². The number of pyridine rings is 2. The fourth-order valence-corrected chi connectivity index (χ4v) is 3.50. The lowest BCUT2D eigenvalue weighted by Crippen LogP contribution is -2.26. The van der Waals surface area contributed by atoms with Gasteiger partial charge in [-0.3, -0.25) is 9.78 Å². The molecule has 1 aliphatic carbocycles. The van der Waals surface area contributed by atoms with E-state index in [1.807, 2.05) is 25.1 Å². The highest BCUT2D eigenvalue weighted by atomic mass is 35.5. The van der Waals surface area contributed by atoms with E-state index in [9.17, 15) is 4.79 Å². The molecule has 3 heterocycles. The maximum absolute atomic E-state index is 13.0. The third kappa shape index (κ3) is 3.76. The second kappa shape index (κ2) is 7.72. The molecule has 0 spiro atoms. The molecule has 0 unspecified atom stereocenters.